The molecule has 3 rings (SSSR count). The van der Waals surface area contributed by atoms with E-state index in [0.717, 1.165) is 17.7 Å². The zero-order chi connectivity index (χ0) is 18.4. The van der Waals surface area contributed by atoms with Gasteiger partial charge in [0, 0.05) is 12.2 Å². The molecule has 0 aliphatic heterocycles. The maximum absolute atomic E-state index is 13.2. The SMILES string of the molecule is COc1ccccc1CCNc1cnnc(Nc2ccc(F)c(Cl)c2)n1. The van der Waals surface area contributed by atoms with Crippen molar-refractivity contribution in [3.8, 4) is 5.75 Å². The molecule has 0 saturated heterocycles. The maximum atomic E-state index is 13.2. The van der Waals surface area contributed by atoms with Crippen molar-refractivity contribution in [2.75, 3.05) is 24.3 Å². The first-order chi connectivity index (χ1) is 12.7. The van der Waals surface area contributed by atoms with Crippen LogP contribution >= 0.6 is 11.6 Å². The van der Waals surface area contributed by atoms with Gasteiger partial charge in [0.1, 0.15) is 11.6 Å². The van der Waals surface area contributed by atoms with E-state index in [-0.39, 0.29) is 11.0 Å². The number of anilines is 3. The highest BCUT2D eigenvalue weighted by Crippen LogP contribution is 2.21. The summed E-state index contributed by atoms with van der Waals surface area (Å²) >= 11 is 5.77. The van der Waals surface area contributed by atoms with Gasteiger partial charge in [-0.05, 0) is 36.2 Å². The third kappa shape index (κ3) is 4.58. The lowest BCUT2D eigenvalue weighted by molar-refractivity contribution is 0.410. The average Bonchev–Trinajstić information content (AvgIpc) is 2.65. The van der Waals surface area contributed by atoms with Crippen molar-refractivity contribution in [3.63, 3.8) is 0 Å². The predicted molar refractivity (Wildman–Crippen MR) is 99.7 cm³/mol. The number of hydrogen-bond acceptors (Lipinski definition) is 6. The van der Waals surface area contributed by atoms with Gasteiger partial charge < -0.3 is 15.4 Å². The molecule has 0 radical (unpaired) electrons. The molecule has 1 heterocycles. The molecule has 0 bridgehead atoms. The summed E-state index contributed by atoms with van der Waals surface area (Å²) in [4.78, 5) is 4.33. The summed E-state index contributed by atoms with van der Waals surface area (Å²) in [6, 6.07) is 12.1. The smallest absolute Gasteiger partial charge is 0.249 e. The highest BCUT2D eigenvalue weighted by molar-refractivity contribution is 6.31. The molecule has 1 aromatic heterocycles. The normalized spacial score (nSPS) is 10.4. The maximum Gasteiger partial charge on any atom is 0.249 e. The first-order valence-corrected chi connectivity index (χ1v) is 8.31. The van der Waals surface area contributed by atoms with Gasteiger partial charge in [0.15, 0.2) is 5.82 Å². The molecule has 6 nitrogen and oxygen atoms in total. The number of hydrogen-bond donors (Lipinski definition) is 2. The first-order valence-electron chi connectivity index (χ1n) is 7.93. The highest BCUT2D eigenvalue weighted by atomic mass is 35.5. The Bertz CT molecular complexity index is 893. The zero-order valence-corrected chi connectivity index (χ0v) is 14.8. The zero-order valence-electron chi connectivity index (χ0n) is 14.0. The highest BCUT2D eigenvalue weighted by Gasteiger charge is 2.05. The molecule has 0 atom stereocenters. The molecule has 3 aromatic rings. The summed E-state index contributed by atoms with van der Waals surface area (Å²) in [5.74, 6) is 1.23. The van der Waals surface area contributed by atoms with Crippen molar-refractivity contribution in [2.45, 2.75) is 6.42 Å². The minimum Gasteiger partial charge on any atom is -0.496 e. The second-order valence-electron chi connectivity index (χ2n) is 5.41. The van der Waals surface area contributed by atoms with Gasteiger partial charge in [-0.3, -0.25) is 0 Å². The first kappa shape index (κ1) is 17.9. The van der Waals surface area contributed by atoms with Crippen molar-refractivity contribution in [3.05, 3.63) is 65.1 Å². The molecule has 0 saturated carbocycles. The molecular formula is C18H17ClFN5O. The fraction of sp³-hybridized carbons (Fsp3) is 0.167. The lowest BCUT2D eigenvalue weighted by Gasteiger charge is -2.10. The molecule has 8 heteroatoms. The number of benzene rings is 2. The van der Waals surface area contributed by atoms with Crippen LogP contribution in [0.15, 0.2) is 48.7 Å². The lowest BCUT2D eigenvalue weighted by Crippen LogP contribution is -2.09. The molecule has 0 aliphatic rings. The number of rotatable bonds is 7. The number of nitrogens with zero attached hydrogens (tertiary/aromatic N) is 3. The van der Waals surface area contributed by atoms with Crippen molar-refractivity contribution in [1.82, 2.24) is 15.2 Å². The number of methoxy groups -OCH3 is 1. The molecule has 0 fully saturated rings. The van der Waals surface area contributed by atoms with Gasteiger partial charge in [-0.25, -0.2) is 4.39 Å². The van der Waals surface area contributed by atoms with Crippen LogP contribution in [0.1, 0.15) is 5.56 Å². The molecular weight excluding hydrogens is 357 g/mol. The van der Waals surface area contributed by atoms with Gasteiger partial charge in [-0.1, -0.05) is 29.8 Å². The standard InChI is InChI=1S/C18H17ClFN5O/c1-26-16-5-3-2-4-12(16)8-9-21-17-11-22-25-18(24-17)23-13-6-7-15(20)14(19)10-13/h2-7,10-11H,8-9H2,1H3,(H2,21,23,24,25). The van der Waals surface area contributed by atoms with Crippen LogP contribution in [0.25, 0.3) is 0 Å². The summed E-state index contributed by atoms with van der Waals surface area (Å²) in [7, 11) is 1.65. The Morgan fingerprint density at radius 3 is 2.85 bits per heavy atom. The largest absolute Gasteiger partial charge is 0.496 e. The van der Waals surface area contributed by atoms with Crippen molar-refractivity contribution in [2.24, 2.45) is 0 Å². The van der Waals surface area contributed by atoms with E-state index in [9.17, 15) is 4.39 Å². The Balaban J connectivity index is 1.61. The van der Waals surface area contributed by atoms with Gasteiger partial charge >= 0.3 is 0 Å². The molecule has 2 aromatic carbocycles. The summed E-state index contributed by atoms with van der Waals surface area (Å²) < 4.78 is 18.6. The fourth-order valence-electron chi connectivity index (χ4n) is 2.38. The van der Waals surface area contributed by atoms with Crippen LogP contribution in [-0.2, 0) is 6.42 Å². The van der Waals surface area contributed by atoms with Crippen molar-refractivity contribution >= 4 is 29.1 Å². The van der Waals surface area contributed by atoms with Gasteiger partial charge in [0.05, 0.1) is 18.3 Å². The van der Waals surface area contributed by atoms with E-state index in [2.05, 4.69) is 25.8 Å². The van der Waals surface area contributed by atoms with Gasteiger partial charge in [0.25, 0.3) is 0 Å². The third-order valence-electron chi connectivity index (χ3n) is 3.63. The average molecular weight is 374 g/mol. The molecule has 0 amide bonds. The summed E-state index contributed by atoms with van der Waals surface area (Å²) in [6.45, 7) is 0.654. The van der Waals surface area contributed by atoms with E-state index in [0.29, 0.717) is 18.1 Å². The van der Waals surface area contributed by atoms with Crippen LogP contribution in [0.3, 0.4) is 0 Å². The van der Waals surface area contributed by atoms with Crippen molar-refractivity contribution < 1.29 is 9.13 Å². The van der Waals surface area contributed by atoms with Crippen LogP contribution in [-0.4, -0.2) is 28.8 Å². The van der Waals surface area contributed by atoms with Crippen LogP contribution in [0, 0.1) is 5.82 Å². The van der Waals surface area contributed by atoms with E-state index in [1.165, 1.54) is 18.3 Å². The number of aromatic nitrogens is 3. The van der Waals surface area contributed by atoms with Crippen LogP contribution < -0.4 is 15.4 Å². The molecule has 0 spiro atoms. The lowest BCUT2D eigenvalue weighted by atomic mass is 10.1. The molecule has 0 aliphatic carbocycles. The van der Waals surface area contributed by atoms with E-state index >= 15 is 0 Å². The molecule has 134 valence electrons. The number of para-hydroxylation sites is 1. The van der Waals surface area contributed by atoms with Crippen LogP contribution in [0.4, 0.5) is 21.8 Å². The summed E-state index contributed by atoms with van der Waals surface area (Å²) in [5, 5.41) is 14.0. The van der Waals surface area contributed by atoms with Crippen LogP contribution in [0.5, 0.6) is 5.75 Å². The van der Waals surface area contributed by atoms with Gasteiger partial charge in [-0.2, -0.15) is 10.1 Å². The van der Waals surface area contributed by atoms with E-state index in [4.69, 9.17) is 16.3 Å². The minimum absolute atomic E-state index is 0.0223. The second-order valence-corrected chi connectivity index (χ2v) is 5.81. The summed E-state index contributed by atoms with van der Waals surface area (Å²) in [5.41, 5.74) is 1.67. The number of ether oxygens (including phenoxy) is 1. The minimum atomic E-state index is -0.483. The topological polar surface area (TPSA) is 72.0 Å². The number of nitrogens with one attached hydrogen (secondary N) is 2. The van der Waals surface area contributed by atoms with Crippen molar-refractivity contribution in [1.29, 1.82) is 0 Å². The Morgan fingerprint density at radius 1 is 1.19 bits per heavy atom. The second kappa shape index (κ2) is 8.44. The Kier molecular flexibility index (Phi) is 5.80. The van der Waals surface area contributed by atoms with E-state index in [1.54, 1.807) is 13.2 Å². The Morgan fingerprint density at radius 2 is 2.04 bits per heavy atom. The third-order valence-corrected chi connectivity index (χ3v) is 3.92. The Hall–Kier alpha value is -2.93. The van der Waals surface area contributed by atoms with Gasteiger partial charge in [0.2, 0.25) is 5.95 Å². The monoisotopic (exact) mass is 373 g/mol. The van der Waals surface area contributed by atoms with E-state index in [1.807, 2.05) is 24.3 Å². The van der Waals surface area contributed by atoms with Crippen LogP contribution in [0.2, 0.25) is 5.02 Å². The van der Waals surface area contributed by atoms with E-state index < -0.39 is 5.82 Å². The fourth-order valence-corrected chi connectivity index (χ4v) is 2.56. The molecule has 26 heavy (non-hydrogen) atoms. The molecule has 0 unspecified atom stereocenters. The molecule has 2 N–H and O–H groups in total. The predicted octanol–water partition coefficient (Wildman–Crippen LogP) is 4.07. The summed E-state index contributed by atoms with van der Waals surface area (Å²) in [6.07, 6.45) is 2.30. The Labute approximate surface area is 155 Å². The quantitative estimate of drug-likeness (QED) is 0.650. The van der Waals surface area contributed by atoms with Gasteiger partial charge in [-0.15, -0.1) is 5.10 Å². The number of halogens is 2.